The van der Waals surface area contributed by atoms with Crippen molar-refractivity contribution in [2.45, 2.75) is 32.5 Å². The van der Waals surface area contributed by atoms with Crippen molar-refractivity contribution in [3.8, 4) is 5.75 Å². The van der Waals surface area contributed by atoms with Crippen molar-refractivity contribution in [2.24, 2.45) is 5.92 Å². The number of benzene rings is 1. The molecular formula is C18H27N4O+. The Bertz CT molecular complexity index is 571. The molecule has 1 aliphatic carbocycles. The molecule has 1 saturated carbocycles. The molecule has 0 radical (unpaired) electrons. The monoisotopic (exact) mass is 315 g/mol. The summed E-state index contributed by atoms with van der Waals surface area (Å²) in [4.78, 5) is 7.99. The van der Waals surface area contributed by atoms with Crippen LogP contribution in [0.15, 0.2) is 24.3 Å². The van der Waals surface area contributed by atoms with Crippen LogP contribution in [0, 0.1) is 5.92 Å². The van der Waals surface area contributed by atoms with Crippen LogP contribution in [0.1, 0.15) is 25.3 Å². The Kier molecular flexibility index (Phi) is 3.20. The summed E-state index contributed by atoms with van der Waals surface area (Å²) < 4.78 is 6.82. The summed E-state index contributed by atoms with van der Waals surface area (Å²) in [7, 11) is 0. The highest BCUT2D eigenvalue weighted by molar-refractivity contribution is 5.26. The highest BCUT2D eigenvalue weighted by Crippen LogP contribution is 2.46. The van der Waals surface area contributed by atoms with Gasteiger partial charge in [-0.05, 0) is 44.0 Å². The van der Waals surface area contributed by atoms with Gasteiger partial charge in [-0.2, -0.15) is 0 Å². The number of rotatable bonds is 5. The Morgan fingerprint density at radius 3 is 2.35 bits per heavy atom. The van der Waals surface area contributed by atoms with Crippen molar-refractivity contribution in [3.63, 3.8) is 0 Å². The predicted molar refractivity (Wildman–Crippen MR) is 87.9 cm³/mol. The molecule has 5 fully saturated rings. The molecule has 23 heavy (non-hydrogen) atoms. The predicted octanol–water partition coefficient (Wildman–Crippen LogP) is 1.87. The molecule has 5 heteroatoms. The summed E-state index contributed by atoms with van der Waals surface area (Å²) in [5, 5.41) is 0. The van der Waals surface area contributed by atoms with Crippen LogP contribution >= 0.6 is 0 Å². The fourth-order valence-electron chi connectivity index (χ4n) is 5.19. The van der Waals surface area contributed by atoms with Gasteiger partial charge in [-0.3, -0.25) is 4.48 Å². The van der Waals surface area contributed by atoms with Gasteiger partial charge in [0.2, 0.25) is 0 Å². The number of hydrogen-bond acceptors (Lipinski definition) is 4. The van der Waals surface area contributed by atoms with Crippen molar-refractivity contribution in [3.05, 3.63) is 29.8 Å². The topological polar surface area (TPSA) is 19.0 Å². The van der Waals surface area contributed by atoms with Gasteiger partial charge >= 0.3 is 0 Å². The SMILES string of the molecule is CCOc1ccc(C[N+]23CN4CN(CN(C4)C2C2CC2)C3)cc1. The zero-order valence-electron chi connectivity index (χ0n) is 14.0. The van der Waals surface area contributed by atoms with E-state index >= 15 is 0 Å². The van der Waals surface area contributed by atoms with E-state index in [1.165, 1.54) is 49.6 Å². The Hall–Kier alpha value is -1.14. The maximum absolute atomic E-state index is 5.59. The molecule has 4 bridgehead atoms. The normalized spacial score (nSPS) is 41.3. The first-order valence-corrected chi connectivity index (χ1v) is 9.02. The molecule has 5 nitrogen and oxygen atoms in total. The van der Waals surface area contributed by atoms with E-state index in [1.807, 2.05) is 6.92 Å². The van der Waals surface area contributed by atoms with Gasteiger partial charge in [0, 0.05) is 11.5 Å². The van der Waals surface area contributed by atoms with Crippen molar-refractivity contribution < 1.29 is 9.22 Å². The first-order chi connectivity index (χ1) is 11.3. The molecule has 4 aliphatic heterocycles. The Morgan fingerprint density at radius 2 is 1.74 bits per heavy atom. The van der Waals surface area contributed by atoms with Crippen molar-refractivity contribution in [1.82, 2.24) is 14.7 Å². The Labute approximate surface area is 138 Å². The van der Waals surface area contributed by atoms with Crippen LogP contribution in [-0.4, -0.2) is 65.3 Å². The molecule has 3 unspecified atom stereocenters. The van der Waals surface area contributed by atoms with Gasteiger partial charge in [-0.25, -0.2) is 14.7 Å². The fourth-order valence-corrected chi connectivity index (χ4v) is 5.19. The van der Waals surface area contributed by atoms with Gasteiger partial charge in [0.25, 0.3) is 0 Å². The lowest BCUT2D eigenvalue weighted by atomic mass is 10.1. The molecule has 1 aromatic carbocycles. The smallest absolute Gasteiger partial charge is 0.152 e. The summed E-state index contributed by atoms with van der Waals surface area (Å²) in [6.45, 7) is 9.90. The van der Waals surface area contributed by atoms with E-state index < -0.39 is 0 Å². The molecule has 5 aliphatic rings. The molecular weight excluding hydrogens is 288 g/mol. The van der Waals surface area contributed by atoms with Crippen LogP contribution in [-0.2, 0) is 6.54 Å². The van der Waals surface area contributed by atoms with E-state index in [-0.39, 0.29) is 0 Å². The Balaban J connectivity index is 1.42. The maximum Gasteiger partial charge on any atom is 0.152 e. The van der Waals surface area contributed by atoms with Crippen LogP contribution in [0.2, 0.25) is 0 Å². The summed E-state index contributed by atoms with van der Waals surface area (Å²) in [5.74, 6) is 1.92. The summed E-state index contributed by atoms with van der Waals surface area (Å²) in [6, 6.07) is 8.81. The molecule has 4 heterocycles. The second-order valence-corrected chi connectivity index (χ2v) is 7.84. The van der Waals surface area contributed by atoms with Gasteiger partial charge in [0.1, 0.15) is 25.6 Å². The van der Waals surface area contributed by atoms with Crippen LogP contribution in [0.4, 0.5) is 0 Å². The number of quaternary nitrogens is 1. The lowest BCUT2D eigenvalue weighted by molar-refractivity contribution is -1.02. The average Bonchev–Trinajstić information content (AvgIpc) is 3.33. The molecule has 0 spiro atoms. The summed E-state index contributed by atoms with van der Waals surface area (Å²) in [5.41, 5.74) is 1.45. The van der Waals surface area contributed by atoms with E-state index in [2.05, 4.69) is 39.0 Å². The summed E-state index contributed by atoms with van der Waals surface area (Å²) >= 11 is 0. The van der Waals surface area contributed by atoms with E-state index in [0.717, 1.165) is 37.7 Å². The van der Waals surface area contributed by atoms with Gasteiger partial charge < -0.3 is 4.74 Å². The average molecular weight is 315 g/mol. The third-order valence-corrected chi connectivity index (χ3v) is 5.84. The first-order valence-electron chi connectivity index (χ1n) is 9.02. The summed E-state index contributed by atoms with van der Waals surface area (Å²) in [6.07, 6.45) is 3.61. The highest BCUT2D eigenvalue weighted by atomic mass is 16.5. The minimum absolute atomic E-state index is 0.738. The number of ether oxygens (including phenoxy) is 1. The molecule has 0 aromatic heterocycles. The molecule has 0 N–H and O–H groups in total. The van der Waals surface area contributed by atoms with Gasteiger partial charge in [0.05, 0.1) is 26.6 Å². The van der Waals surface area contributed by atoms with Crippen molar-refractivity contribution in [1.29, 1.82) is 0 Å². The van der Waals surface area contributed by atoms with Crippen molar-refractivity contribution in [2.75, 3.05) is 40.0 Å². The standard InChI is InChI=1S/C18H27N4O/c1-2-23-17-7-3-15(4-8-17)9-22-13-19-10-20(14-22)12-21(11-19)18(22)16-5-6-16/h3-4,7-8,16,18H,2,5-6,9-14H2,1H3/q+1. The molecule has 4 saturated heterocycles. The second-order valence-electron chi connectivity index (χ2n) is 7.84. The second kappa shape index (κ2) is 5.18. The molecule has 3 atom stereocenters. The van der Waals surface area contributed by atoms with Gasteiger partial charge in [-0.15, -0.1) is 0 Å². The van der Waals surface area contributed by atoms with Gasteiger partial charge in [0.15, 0.2) is 6.17 Å². The van der Waals surface area contributed by atoms with Crippen LogP contribution in [0.3, 0.4) is 0 Å². The molecule has 1 aromatic rings. The van der Waals surface area contributed by atoms with E-state index in [0.29, 0.717) is 0 Å². The van der Waals surface area contributed by atoms with Crippen LogP contribution in [0.5, 0.6) is 5.75 Å². The maximum atomic E-state index is 5.59. The Morgan fingerprint density at radius 1 is 1.04 bits per heavy atom. The van der Waals surface area contributed by atoms with Crippen LogP contribution in [0.25, 0.3) is 0 Å². The lowest BCUT2D eigenvalue weighted by Crippen LogP contribution is -2.83. The van der Waals surface area contributed by atoms with E-state index in [1.54, 1.807) is 0 Å². The molecule has 6 rings (SSSR count). The number of nitrogens with zero attached hydrogens (tertiary/aromatic N) is 4. The lowest BCUT2D eigenvalue weighted by Gasteiger charge is -2.65. The number of hydrogen-bond donors (Lipinski definition) is 0. The van der Waals surface area contributed by atoms with E-state index in [9.17, 15) is 0 Å². The third kappa shape index (κ3) is 2.38. The molecule has 0 amide bonds. The highest BCUT2D eigenvalue weighted by Gasteiger charge is 2.59. The first kappa shape index (κ1) is 14.2. The minimum Gasteiger partial charge on any atom is -0.494 e. The zero-order valence-corrected chi connectivity index (χ0v) is 14.0. The zero-order chi connectivity index (χ0) is 15.4. The van der Waals surface area contributed by atoms with Crippen LogP contribution < -0.4 is 4.74 Å². The third-order valence-electron chi connectivity index (χ3n) is 5.84. The minimum atomic E-state index is 0.738. The quantitative estimate of drug-likeness (QED) is 0.772. The fraction of sp³-hybridized carbons (Fsp3) is 0.667. The largest absolute Gasteiger partial charge is 0.494 e. The van der Waals surface area contributed by atoms with Gasteiger partial charge in [-0.1, -0.05) is 0 Å². The molecule has 124 valence electrons. The van der Waals surface area contributed by atoms with Crippen molar-refractivity contribution >= 4 is 0 Å². The van der Waals surface area contributed by atoms with E-state index in [4.69, 9.17) is 4.74 Å².